The molecule has 3 aliphatic rings. The van der Waals surface area contributed by atoms with E-state index >= 15 is 0 Å². The smallest absolute Gasteiger partial charge is 0.246 e. The maximum atomic E-state index is 14.0. The highest BCUT2D eigenvalue weighted by molar-refractivity contribution is 7.09. The molecule has 0 unspecified atom stereocenters. The lowest BCUT2D eigenvalue weighted by atomic mass is 9.70. The summed E-state index contributed by atoms with van der Waals surface area (Å²) in [7, 11) is 0. The summed E-state index contributed by atoms with van der Waals surface area (Å²) in [6.07, 6.45) is 3.67. The van der Waals surface area contributed by atoms with E-state index in [1.54, 1.807) is 28.4 Å². The Balaban J connectivity index is 1.50. The molecule has 1 aromatic carbocycles. The number of thiophene rings is 1. The second-order valence-corrected chi connectivity index (χ2v) is 12.4. The number of rotatable bonds is 6. The number of amides is 3. The summed E-state index contributed by atoms with van der Waals surface area (Å²) in [5.41, 5.74) is -1.88. The fourth-order valence-electron chi connectivity index (χ4n) is 5.72. The van der Waals surface area contributed by atoms with Crippen molar-refractivity contribution in [1.82, 2.24) is 15.5 Å². The average Bonchev–Trinajstić information content (AvgIpc) is 3.53. The van der Waals surface area contributed by atoms with Gasteiger partial charge >= 0.3 is 0 Å². The zero-order valence-corrected chi connectivity index (χ0v) is 22.3. The first-order chi connectivity index (χ1) is 16.9. The van der Waals surface area contributed by atoms with Crippen LogP contribution in [-0.2, 0) is 32.2 Å². The van der Waals surface area contributed by atoms with Crippen molar-refractivity contribution in [3.8, 4) is 0 Å². The van der Waals surface area contributed by atoms with Crippen molar-refractivity contribution in [2.75, 3.05) is 0 Å². The maximum absolute atomic E-state index is 14.0. The molecule has 0 radical (unpaired) electrons. The second kappa shape index (κ2) is 8.71. The zero-order valence-electron chi connectivity index (χ0n) is 20.7. The normalized spacial score (nSPS) is 30.5. The molecule has 2 aromatic rings. The van der Waals surface area contributed by atoms with Gasteiger partial charge in [-0.1, -0.05) is 42.0 Å². The number of nitrogens with zero attached hydrogens (tertiary/aromatic N) is 1. The van der Waals surface area contributed by atoms with Crippen LogP contribution in [0, 0.1) is 11.8 Å². The van der Waals surface area contributed by atoms with E-state index in [9.17, 15) is 14.4 Å². The Morgan fingerprint density at radius 2 is 1.86 bits per heavy atom. The molecule has 0 saturated carbocycles. The van der Waals surface area contributed by atoms with E-state index in [2.05, 4.69) is 10.6 Å². The quantitative estimate of drug-likeness (QED) is 0.561. The van der Waals surface area contributed by atoms with Crippen molar-refractivity contribution in [1.29, 1.82) is 0 Å². The van der Waals surface area contributed by atoms with Crippen LogP contribution in [0.4, 0.5) is 0 Å². The van der Waals surface area contributed by atoms with E-state index in [1.165, 1.54) is 0 Å². The lowest BCUT2D eigenvalue weighted by molar-refractivity contribution is -0.146. The number of nitrogens with one attached hydrogen (secondary N) is 2. The van der Waals surface area contributed by atoms with Gasteiger partial charge in [0.25, 0.3) is 0 Å². The number of hydrogen-bond donors (Lipinski definition) is 2. The van der Waals surface area contributed by atoms with Gasteiger partial charge in [-0.2, -0.15) is 0 Å². The molecule has 9 heteroatoms. The number of benzene rings is 1. The molecule has 2 bridgehead atoms. The third kappa shape index (κ3) is 4.15. The van der Waals surface area contributed by atoms with Crippen molar-refractivity contribution in [2.24, 2.45) is 11.8 Å². The molecule has 2 N–H and O–H groups in total. The highest BCUT2D eigenvalue weighted by atomic mass is 35.5. The van der Waals surface area contributed by atoms with Gasteiger partial charge in [0.2, 0.25) is 17.7 Å². The molecule has 0 aliphatic carbocycles. The molecule has 4 heterocycles. The first-order valence-corrected chi connectivity index (χ1v) is 13.3. The van der Waals surface area contributed by atoms with Gasteiger partial charge in [0, 0.05) is 22.0 Å². The Morgan fingerprint density at radius 1 is 1.14 bits per heavy atom. The summed E-state index contributed by atoms with van der Waals surface area (Å²) >= 11 is 7.61. The molecule has 1 spiro atoms. The number of fused-ring (bicyclic) bond motifs is 1. The summed E-state index contributed by atoms with van der Waals surface area (Å²) in [5, 5.41) is 8.56. The molecular weight excluding hydrogens is 498 g/mol. The standard InChI is InChI=1S/C27H30ClN3O4S/c1-25(2,3)30-23(33)21-27-12-11-26(4,35-27)19(22(32)29-14-18-6-5-13-36-18)20(27)24(34)31(21)15-16-7-9-17(28)10-8-16/h5-13,19-21H,14-15H2,1-4H3,(H,29,32)(H,30,33)/t19-,20+,21-,26+,27+/m1/s1. The van der Waals surface area contributed by atoms with Gasteiger partial charge in [-0.25, -0.2) is 0 Å². The summed E-state index contributed by atoms with van der Waals surface area (Å²) < 4.78 is 6.53. The van der Waals surface area contributed by atoms with E-state index in [0.717, 1.165) is 10.4 Å². The van der Waals surface area contributed by atoms with Crippen LogP contribution in [0.25, 0.3) is 0 Å². The first-order valence-electron chi connectivity index (χ1n) is 12.0. The Labute approximate surface area is 219 Å². The molecule has 3 aliphatic heterocycles. The van der Waals surface area contributed by atoms with E-state index in [-0.39, 0.29) is 24.3 Å². The van der Waals surface area contributed by atoms with E-state index in [0.29, 0.717) is 11.6 Å². The summed E-state index contributed by atoms with van der Waals surface area (Å²) in [6, 6.07) is 10.1. The minimum absolute atomic E-state index is 0.202. The molecule has 36 heavy (non-hydrogen) atoms. The van der Waals surface area contributed by atoms with E-state index in [4.69, 9.17) is 16.3 Å². The van der Waals surface area contributed by atoms with Gasteiger partial charge in [-0.15, -0.1) is 11.3 Å². The molecule has 1 aromatic heterocycles. The van der Waals surface area contributed by atoms with Gasteiger partial charge < -0.3 is 20.3 Å². The summed E-state index contributed by atoms with van der Waals surface area (Å²) in [5.74, 6) is -2.38. The fourth-order valence-corrected chi connectivity index (χ4v) is 6.49. The molecule has 5 rings (SSSR count). The van der Waals surface area contributed by atoms with Crippen molar-refractivity contribution in [3.05, 3.63) is 69.4 Å². The van der Waals surface area contributed by atoms with Crippen LogP contribution < -0.4 is 10.6 Å². The Morgan fingerprint density at radius 3 is 2.50 bits per heavy atom. The molecule has 2 saturated heterocycles. The number of likely N-dealkylation sites (tertiary alicyclic amines) is 1. The van der Waals surface area contributed by atoms with Gasteiger partial charge in [-0.05, 0) is 56.8 Å². The molecule has 7 nitrogen and oxygen atoms in total. The average molecular weight is 528 g/mol. The molecule has 5 atom stereocenters. The summed E-state index contributed by atoms with van der Waals surface area (Å²) in [4.78, 5) is 43.9. The van der Waals surface area contributed by atoms with Gasteiger partial charge in [-0.3, -0.25) is 14.4 Å². The second-order valence-electron chi connectivity index (χ2n) is 11.0. The van der Waals surface area contributed by atoms with Crippen molar-refractivity contribution < 1.29 is 19.1 Å². The minimum Gasteiger partial charge on any atom is -0.356 e. The van der Waals surface area contributed by atoms with Crippen molar-refractivity contribution in [3.63, 3.8) is 0 Å². The van der Waals surface area contributed by atoms with Crippen LogP contribution in [0.3, 0.4) is 0 Å². The van der Waals surface area contributed by atoms with Crippen molar-refractivity contribution >= 4 is 40.7 Å². The largest absolute Gasteiger partial charge is 0.356 e. The number of carbonyl (C=O) groups excluding carboxylic acids is 3. The third-order valence-corrected chi connectivity index (χ3v) is 8.24. The van der Waals surface area contributed by atoms with Crippen LogP contribution in [0.2, 0.25) is 5.02 Å². The number of hydrogen-bond acceptors (Lipinski definition) is 5. The van der Waals surface area contributed by atoms with Gasteiger partial charge in [0.1, 0.15) is 11.6 Å². The van der Waals surface area contributed by atoms with E-state index < -0.39 is 34.6 Å². The monoisotopic (exact) mass is 527 g/mol. The number of carbonyl (C=O) groups is 3. The van der Waals surface area contributed by atoms with E-state index in [1.807, 2.05) is 69.5 Å². The lowest BCUT2D eigenvalue weighted by Crippen LogP contribution is -2.57. The topological polar surface area (TPSA) is 87.7 Å². The molecule has 2 fully saturated rings. The maximum Gasteiger partial charge on any atom is 0.246 e. The van der Waals surface area contributed by atoms with Crippen LogP contribution in [-0.4, -0.2) is 45.4 Å². The number of ether oxygens (including phenoxy) is 1. The van der Waals surface area contributed by atoms with Crippen LogP contribution >= 0.6 is 22.9 Å². The van der Waals surface area contributed by atoms with Crippen LogP contribution in [0.5, 0.6) is 0 Å². The van der Waals surface area contributed by atoms with Gasteiger partial charge in [0.05, 0.1) is 24.0 Å². The highest BCUT2D eigenvalue weighted by Crippen LogP contribution is 2.59. The third-order valence-electron chi connectivity index (χ3n) is 7.11. The van der Waals surface area contributed by atoms with Crippen molar-refractivity contribution in [2.45, 2.75) is 63.6 Å². The predicted octanol–water partition coefficient (Wildman–Crippen LogP) is 3.67. The first kappa shape index (κ1) is 25.0. The Bertz CT molecular complexity index is 1220. The molecule has 3 amide bonds. The SMILES string of the molecule is CC(C)(C)NC(=O)[C@H]1N(Cc2ccc(Cl)cc2)C(=O)[C@@H]2[C@H](C(=O)NCc3cccs3)[C@]3(C)C=C[C@]21O3. The fraction of sp³-hybridized carbons (Fsp3) is 0.444. The summed E-state index contributed by atoms with van der Waals surface area (Å²) in [6.45, 7) is 8.08. The number of halogens is 1. The molecular formula is C27H30ClN3O4S. The predicted molar refractivity (Wildman–Crippen MR) is 138 cm³/mol. The zero-order chi connectivity index (χ0) is 25.9. The van der Waals surface area contributed by atoms with Gasteiger partial charge in [0.15, 0.2) is 0 Å². The Hall–Kier alpha value is -2.68. The minimum atomic E-state index is -1.22. The highest BCUT2D eigenvalue weighted by Gasteiger charge is 2.76. The van der Waals surface area contributed by atoms with Crippen LogP contribution in [0.15, 0.2) is 53.9 Å². The Kier molecular flexibility index (Phi) is 6.05. The lowest BCUT2D eigenvalue weighted by Gasteiger charge is -2.35. The van der Waals surface area contributed by atoms with Crippen LogP contribution in [0.1, 0.15) is 38.1 Å². The molecule has 190 valence electrons.